The molecule has 2 N–H and O–H groups in total. The van der Waals surface area contributed by atoms with Crippen LogP contribution in [0.5, 0.6) is 11.5 Å². The number of aliphatic imine (C=N–C) groups is 1. The zero-order valence-corrected chi connectivity index (χ0v) is 18.8. The molecule has 8 heteroatoms. The lowest BCUT2D eigenvalue weighted by molar-refractivity contribution is 0.141. The fraction of sp³-hybridized carbons (Fsp3) is 0.682. The van der Waals surface area contributed by atoms with Crippen LogP contribution in [0.2, 0.25) is 0 Å². The number of nitrogens with one attached hydrogen (secondary N) is 2. The summed E-state index contributed by atoms with van der Waals surface area (Å²) in [7, 11) is 6.97. The Hall–Kier alpha value is -2.19. The minimum absolute atomic E-state index is 0.349. The summed E-state index contributed by atoms with van der Waals surface area (Å²) >= 11 is 0. The molecule has 2 atom stereocenters. The number of methoxy groups -OCH3 is 3. The quantitative estimate of drug-likeness (QED) is 0.465. The SMILES string of the molecule is CN=C(NCC1CCCN1CCOC)NC1CCN(c2cc(OC)cc(OC)c2)C1. The van der Waals surface area contributed by atoms with E-state index in [-0.39, 0.29) is 0 Å². The number of anilines is 1. The Labute approximate surface area is 180 Å². The Bertz CT molecular complexity index is 677. The first-order valence-electron chi connectivity index (χ1n) is 10.8. The molecular weight excluding hydrogens is 382 g/mol. The van der Waals surface area contributed by atoms with Crippen LogP contribution in [0, 0.1) is 0 Å². The molecule has 0 aliphatic carbocycles. The van der Waals surface area contributed by atoms with E-state index in [0.717, 1.165) is 68.9 Å². The van der Waals surface area contributed by atoms with E-state index < -0.39 is 0 Å². The molecule has 168 valence electrons. The van der Waals surface area contributed by atoms with Crippen molar-refractivity contribution in [3.05, 3.63) is 18.2 Å². The monoisotopic (exact) mass is 419 g/mol. The standard InChI is InChI=1S/C22H37N5O3/c1-23-22(24-15-18-6-5-8-26(18)10-11-28-2)25-17-7-9-27(16-17)19-12-20(29-3)14-21(13-19)30-4/h12-14,17-18H,5-11,15-16H2,1-4H3,(H2,23,24,25). The van der Waals surface area contributed by atoms with Crippen molar-refractivity contribution in [2.24, 2.45) is 4.99 Å². The summed E-state index contributed by atoms with van der Waals surface area (Å²) in [6.07, 6.45) is 3.54. The molecule has 0 bridgehead atoms. The number of benzene rings is 1. The van der Waals surface area contributed by atoms with Gasteiger partial charge in [0, 0.05) is 76.3 Å². The van der Waals surface area contributed by atoms with Gasteiger partial charge in [0.1, 0.15) is 11.5 Å². The van der Waals surface area contributed by atoms with Crippen LogP contribution >= 0.6 is 0 Å². The van der Waals surface area contributed by atoms with Gasteiger partial charge in [0.2, 0.25) is 0 Å². The number of hydrogen-bond donors (Lipinski definition) is 2. The molecule has 3 rings (SSSR count). The fourth-order valence-electron chi connectivity index (χ4n) is 4.32. The van der Waals surface area contributed by atoms with Crippen LogP contribution in [-0.2, 0) is 4.74 Å². The summed E-state index contributed by atoms with van der Waals surface area (Å²) in [6, 6.07) is 6.92. The highest BCUT2D eigenvalue weighted by atomic mass is 16.5. The third kappa shape index (κ3) is 5.92. The van der Waals surface area contributed by atoms with Crippen LogP contribution in [0.4, 0.5) is 5.69 Å². The second kappa shape index (κ2) is 11.3. The molecule has 8 nitrogen and oxygen atoms in total. The molecule has 2 aliphatic heterocycles. The zero-order chi connectivity index (χ0) is 21.3. The average molecular weight is 420 g/mol. The van der Waals surface area contributed by atoms with Gasteiger partial charge in [-0.3, -0.25) is 9.89 Å². The van der Waals surface area contributed by atoms with E-state index in [1.54, 1.807) is 21.3 Å². The molecule has 0 aromatic heterocycles. The van der Waals surface area contributed by atoms with E-state index in [9.17, 15) is 0 Å². The summed E-state index contributed by atoms with van der Waals surface area (Å²) in [5.74, 6) is 2.50. The van der Waals surface area contributed by atoms with Crippen LogP contribution in [0.15, 0.2) is 23.2 Å². The molecule has 30 heavy (non-hydrogen) atoms. The van der Waals surface area contributed by atoms with Crippen molar-refractivity contribution in [2.45, 2.75) is 31.3 Å². The van der Waals surface area contributed by atoms with Crippen molar-refractivity contribution < 1.29 is 14.2 Å². The molecule has 2 fully saturated rings. The lowest BCUT2D eigenvalue weighted by atomic mass is 10.2. The number of likely N-dealkylation sites (tertiary alicyclic amines) is 1. The number of nitrogens with zero attached hydrogens (tertiary/aromatic N) is 3. The minimum Gasteiger partial charge on any atom is -0.497 e. The van der Waals surface area contributed by atoms with Crippen molar-refractivity contribution in [2.75, 3.05) is 72.6 Å². The third-order valence-corrected chi connectivity index (χ3v) is 6.04. The maximum Gasteiger partial charge on any atom is 0.191 e. The second-order valence-corrected chi connectivity index (χ2v) is 7.92. The van der Waals surface area contributed by atoms with Gasteiger partial charge in [0.25, 0.3) is 0 Å². The summed E-state index contributed by atoms with van der Waals surface area (Å²) in [5.41, 5.74) is 1.12. The Morgan fingerprint density at radius 2 is 1.87 bits per heavy atom. The first-order valence-corrected chi connectivity index (χ1v) is 10.8. The Kier molecular flexibility index (Phi) is 8.45. The molecule has 0 spiro atoms. The van der Waals surface area contributed by atoms with Crippen LogP contribution in [0.3, 0.4) is 0 Å². The normalized spacial score (nSPS) is 22.4. The zero-order valence-electron chi connectivity index (χ0n) is 18.8. The van der Waals surface area contributed by atoms with Crippen LogP contribution < -0.4 is 25.0 Å². The number of ether oxygens (including phenoxy) is 3. The molecule has 2 unspecified atom stereocenters. The van der Waals surface area contributed by atoms with Crippen molar-refractivity contribution in [1.82, 2.24) is 15.5 Å². The van der Waals surface area contributed by atoms with Gasteiger partial charge < -0.3 is 29.7 Å². The van der Waals surface area contributed by atoms with Gasteiger partial charge in [-0.1, -0.05) is 0 Å². The maximum atomic E-state index is 5.42. The molecule has 2 aliphatic rings. The Balaban J connectivity index is 1.50. The molecule has 2 saturated heterocycles. The van der Waals surface area contributed by atoms with Gasteiger partial charge >= 0.3 is 0 Å². The highest BCUT2D eigenvalue weighted by Crippen LogP contribution is 2.30. The summed E-state index contributed by atoms with van der Waals surface area (Å²) in [6.45, 7) is 5.75. The molecule has 0 saturated carbocycles. The molecule has 2 heterocycles. The Morgan fingerprint density at radius 3 is 2.53 bits per heavy atom. The van der Waals surface area contributed by atoms with E-state index >= 15 is 0 Å². The van der Waals surface area contributed by atoms with Gasteiger partial charge in [0.15, 0.2) is 5.96 Å². The average Bonchev–Trinajstić information content (AvgIpc) is 3.44. The van der Waals surface area contributed by atoms with Crippen LogP contribution in [-0.4, -0.2) is 90.7 Å². The first kappa shape index (κ1) is 22.5. The molecular formula is C22H37N5O3. The van der Waals surface area contributed by atoms with E-state index in [1.165, 1.54) is 12.8 Å². The maximum absolute atomic E-state index is 5.42. The number of hydrogen-bond acceptors (Lipinski definition) is 6. The fourth-order valence-corrected chi connectivity index (χ4v) is 4.32. The van der Waals surface area contributed by atoms with E-state index in [4.69, 9.17) is 14.2 Å². The van der Waals surface area contributed by atoms with Crippen LogP contribution in [0.1, 0.15) is 19.3 Å². The summed E-state index contributed by atoms with van der Waals surface area (Å²) in [4.78, 5) is 9.32. The van der Waals surface area contributed by atoms with Gasteiger partial charge in [-0.15, -0.1) is 0 Å². The summed E-state index contributed by atoms with van der Waals surface area (Å²) < 4.78 is 16.1. The third-order valence-electron chi connectivity index (χ3n) is 6.04. The summed E-state index contributed by atoms with van der Waals surface area (Å²) in [5, 5.41) is 7.13. The number of rotatable bonds is 9. The highest BCUT2D eigenvalue weighted by molar-refractivity contribution is 5.80. The number of guanidine groups is 1. The topological polar surface area (TPSA) is 70.6 Å². The van der Waals surface area contributed by atoms with Crippen LogP contribution in [0.25, 0.3) is 0 Å². The van der Waals surface area contributed by atoms with Crippen molar-refractivity contribution >= 4 is 11.6 Å². The predicted octanol–water partition coefficient (Wildman–Crippen LogP) is 1.56. The van der Waals surface area contributed by atoms with E-state index in [1.807, 2.05) is 13.1 Å². The molecule has 0 amide bonds. The molecule has 1 aromatic rings. The highest BCUT2D eigenvalue weighted by Gasteiger charge is 2.26. The van der Waals surface area contributed by atoms with E-state index in [2.05, 4.69) is 37.6 Å². The van der Waals surface area contributed by atoms with Crippen molar-refractivity contribution in [3.8, 4) is 11.5 Å². The first-order chi connectivity index (χ1) is 14.7. The predicted molar refractivity (Wildman–Crippen MR) is 121 cm³/mol. The second-order valence-electron chi connectivity index (χ2n) is 7.92. The van der Waals surface area contributed by atoms with Crippen molar-refractivity contribution in [3.63, 3.8) is 0 Å². The Morgan fingerprint density at radius 1 is 1.10 bits per heavy atom. The van der Waals surface area contributed by atoms with Crippen molar-refractivity contribution in [1.29, 1.82) is 0 Å². The molecule has 1 aromatic carbocycles. The molecule has 0 radical (unpaired) electrons. The van der Waals surface area contributed by atoms with Gasteiger partial charge in [0.05, 0.1) is 20.8 Å². The van der Waals surface area contributed by atoms with Gasteiger partial charge in [-0.2, -0.15) is 0 Å². The van der Waals surface area contributed by atoms with Gasteiger partial charge in [-0.05, 0) is 25.8 Å². The lowest BCUT2D eigenvalue weighted by Crippen LogP contribution is -2.48. The lowest BCUT2D eigenvalue weighted by Gasteiger charge is -2.26. The largest absolute Gasteiger partial charge is 0.497 e. The van der Waals surface area contributed by atoms with E-state index in [0.29, 0.717) is 12.1 Å². The minimum atomic E-state index is 0.349. The van der Waals surface area contributed by atoms with Gasteiger partial charge in [-0.25, -0.2) is 0 Å². The smallest absolute Gasteiger partial charge is 0.191 e.